The van der Waals surface area contributed by atoms with Crippen LogP contribution in [0.5, 0.6) is 0 Å². The molecular formula is C20H18N3+. The highest BCUT2D eigenvalue weighted by atomic mass is 15.2. The van der Waals surface area contributed by atoms with Crippen LogP contribution in [0.2, 0.25) is 0 Å². The number of rotatable bonds is 2. The predicted molar refractivity (Wildman–Crippen MR) is 92.4 cm³/mol. The Morgan fingerprint density at radius 2 is 1.65 bits per heavy atom. The van der Waals surface area contributed by atoms with Crippen molar-refractivity contribution in [2.24, 2.45) is 7.05 Å². The molecule has 0 N–H and O–H groups in total. The fraction of sp³-hybridized carbons (Fsp3) is 0.100. The molecule has 0 fully saturated rings. The van der Waals surface area contributed by atoms with Crippen molar-refractivity contribution in [2.75, 3.05) is 0 Å². The van der Waals surface area contributed by atoms with E-state index in [4.69, 9.17) is 0 Å². The van der Waals surface area contributed by atoms with Gasteiger partial charge in [0.1, 0.15) is 5.52 Å². The Hall–Kier alpha value is -2.94. The van der Waals surface area contributed by atoms with Gasteiger partial charge >= 0.3 is 0 Å². The van der Waals surface area contributed by atoms with Crippen LogP contribution in [0, 0.1) is 6.92 Å². The molecule has 3 heteroatoms. The first kappa shape index (κ1) is 13.7. The minimum absolute atomic E-state index is 1.01. The van der Waals surface area contributed by atoms with Crippen LogP contribution in [-0.2, 0) is 7.05 Å². The second-order valence-corrected chi connectivity index (χ2v) is 5.77. The van der Waals surface area contributed by atoms with Gasteiger partial charge in [-0.1, -0.05) is 36.4 Å². The smallest absolute Gasteiger partial charge is 0.237 e. The maximum atomic E-state index is 4.60. The maximum Gasteiger partial charge on any atom is 0.287 e. The summed E-state index contributed by atoms with van der Waals surface area (Å²) in [4.78, 5) is 4.60. The average molecular weight is 300 g/mol. The lowest BCUT2D eigenvalue weighted by molar-refractivity contribution is -0.665. The van der Waals surface area contributed by atoms with E-state index in [2.05, 4.69) is 88.9 Å². The second-order valence-electron chi connectivity index (χ2n) is 5.77. The first-order valence-electron chi connectivity index (χ1n) is 7.73. The molecule has 0 aliphatic carbocycles. The van der Waals surface area contributed by atoms with Gasteiger partial charge in [-0.3, -0.25) is 0 Å². The summed E-state index contributed by atoms with van der Waals surface area (Å²) >= 11 is 0. The first-order valence-corrected chi connectivity index (χ1v) is 7.73. The van der Waals surface area contributed by atoms with Gasteiger partial charge in [0.05, 0.1) is 13.2 Å². The fourth-order valence-corrected chi connectivity index (χ4v) is 3.10. The lowest BCUT2D eigenvalue weighted by atomic mass is 9.99. The molecule has 2 aromatic carbocycles. The van der Waals surface area contributed by atoms with Gasteiger partial charge in [0.25, 0.3) is 5.82 Å². The molecule has 4 rings (SSSR count). The Morgan fingerprint density at radius 3 is 2.48 bits per heavy atom. The number of hydrogen-bond donors (Lipinski definition) is 0. The highest BCUT2D eigenvalue weighted by molar-refractivity contribution is 5.93. The third-order valence-corrected chi connectivity index (χ3v) is 4.28. The molecule has 112 valence electrons. The number of nitrogens with zero attached hydrogens (tertiary/aromatic N) is 3. The summed E-state index contributed by atoms with van der Waals surface area (Å²) in [6.07, 6.45) is 3.96. The van der Waals surface area contributed by atoms with Crippen molar-refractivity contribution in [1.82, 2.24) is 9.55 Å². The Bertz CT molecular complexity index is 999. The molecule has 0 radical (unpaired) electrons. The van der Waals surface area contributed by atoms with Gasteiger partial charge in [-0.25, -0.2) is 9.55 Å². The van der Waals surface area contributed by atoms with Crippen molar-refractivity contribution in [3.8, 4) is 16.9 Å². The van der Waals surface area contributed by atoms with Crippen LogP contribution in [0.3, 0.4) is 0 Å². The molecule has 0 aliphatic heterocycles. The number of para-hydroxylation sites is 1. The summed E-state index contributed by atoms with van der Waals surface area (Å²) in [5.41, 5.74) is 5.88. The Labute approximate surface area is 135 Å². The zero-order valence-electron chi connectivity index (χ0n) is 13.3. The maximum absolute atomic E-state index is 4.60. The van der Waals surface area contributed by atoms with Crippen molar-refractivity contribution in [1.29, 1.82) is 0 Å². The first-order chi connectivity index (χ1) is 11.3. The fourth-order valence-electron chi connectivity index (χ4n) is 3.10. The lowest BCUT2D eigenvalue weighted by Gasteiger charge is -2.08. The van der Waals surface area contributed by atoms with Crippen LogP contribution in [0.15, 0.2) is 73.2 Å². The Morgan fingerprint density at radius 1 is 0.870 bits per heavy atom. The van der Waals surface area contributed by atoms with Crippen LogP contribution in [0.25, 0.3) is 28.0 Å². The number of fused-ring (bicyclic) bond motifs is 1. The largest absolute Gasteiger partial charge is 0.287 e. The Balaban J connectivity index is 2.06. The summed E-state index contributed by atoms with van der Waals surface area (Å²) in [6.45, 7) is 2.15. The number of aryl methyl sites for hydroxylation is 2. The molecule has 2 heterocycles. The number of imidazole rings is 1. The molecule has 23 heavy (non-hydrogen) atoms. The van der Waals surface area contributed by atoms with E-state index in [-0.39, 0.29) is 0 Å². The van der Waals surface area contributed by atoms with Crippen LogP contribution in [0.4, 0.5) is 0 Å². The molecule has 0 unspecified atom stereocenters. The van der Waals surface area contributed by atoms with Gasteiger partial charge in [0.15, 0.2) is 11.8 Å². The molecule has 4 aromatic rings. The van der Waals surface area contributed by atoms with Crippen LogP contribution in [-0.4, -0.2) is 9.55 Å². The predicted octanol–water partition coefficient (Wildman–Crippen LogP) is 3.83. The zero-order chi connectivity index (χ0) is 15.8. The van der Waals surface area contributed by atoms with Gasteiger partial charge in [-0.2, -0.15) is 4.57 Å². The van der Waals surface area contributed by atoms with Gasteiger partial charge < -0.3 is 0 Å². The van der Waals surface area contributed by atoms with Crippen LogP contribution >= 0.6 is 0 Å². The third kappa shape index (κ3) is 2.21. The van der Waals surface area contributed by atoms with Gasteiger partial charge in [0.2, 0.25) is 0 Å². The summed E-state index contributed by atoms with van der Waals surface area (Å²) < 4.78 is 4.27. The van der Waals surface area contributed by atoms with Gasteiger partial charge in [0, 0.05) is 11.6 Å². The molecule has 0 spiro atoms. The zero-order valence-corrected chi connectivity index (χ0v) is 13.3. The monoisotopic (exact) mass is 300 g/mol. The average Bonchev–Trinajstić information content (AvgIpc) is 3.00. The van der Waals surface area contributed by atoms with E-state index >= 15 is 0 Å². The van der Waals surface area contributed by atoms with Crippen LogP contribution in [0.1, 0.15) is 5.56 Å². The van der Waals surface area contributed by atoms with Crippen molar-refractivity contribution in [2.45, 2.75) is 6.92 Å². The Kier molecular flexibility index (Phi) is 3.19. The number of aromatic nitrogens is 3. The summed E-state index contributed by atoms with van der Waals surface area (Å²) in [7, 11) is 2.05. The summed E-state index contributed by atoms with van der Waals surface area (Å²) in [6, 6.07) is 21.0. The van der Waals surface area contributed by atoms with Crippen LogP contribution < -0.4 is 4.57 Å². The standard InChI is InChI=1S/C20H18N3/c1-15-8-3-4-9-16(15)17-10-7-11-18-20(17)23(14-21-18)19-12-5-6-13-22(19)2/h3-14H,1-2H3/q+1. The van der Waals surface area contributed by atoms with E-state index in [0.717, 1.165) is 16.9 Å². The molecule has 2 aromatic heterocycles. The van der Waals surface area contributed by atoms with Crippen molar-refractivity contribution in [3.05, 3.63) is 78.8 Å². The van der Waals surface area contributed by atoms with Crippen molar-refractivity contribution < 1.29 is 4.57 Å². The summed E-state index contributed by atoms with van der Waals surface area (Å²) in [5, 5.41) is 0. The number of pyridine rings is 1. The molecule has 3 nitrogen and oxygen atoms in total. The third-order valence-electron chi connectivity index (χ3n) is 4.28. The molecule has 0 atom stereocenters. The SMILES string of the molecule is Cc1ccccc1-c1cccc2ncn(-c3cccc[n+]3C)c12. The molecule has 0 bridgehead atoms. The molecule has 0 saturated carbocycles. The quantitative estimate of drug-likeness (QED) is 0.516. The minimum Gasteiger partial charge on any atom is -0.237 e. The molecule has 0 saturated heterocycles. The van der Waals surface area contributed by atoms with Crippen molar-refractivity contribution >= 4 is 11.0 Å². The second kappa shape index (κ2) is 5.36. The van der Waals surface area contributed by atoms with E-state index in [1.807, 2.05) is 12.4 Å². The number of benzene rings is 2. The molecule has 0 aliphatic rings. The van der Waals surface area contributed by atoms with E-state index < -0.39 is 0 Å². The minimum atomic E-state index is 1.01. The van der Waals surface area contributed by atoms with Gasteiger partial charge in [-0.05, 0) is 36.2 Å². The van der Waals surface area contributed by atoms with E-state index in [0.29, 0.717) is 0 Å². The molecule has 0 amide bonds. The van der Waals surface area contributed by atoms with E-state index in [1.54, 1.807) is 0 Å². The topological polar surface area (TPSA) is 21.7 Å². The highest BCUT2D eigenvalue weighted by Gasteiger charge is 2.19. The van der Waals surface area contributed by atoms with Gasteiger partial charge in [-0.15, -0.1) is 0 Å². The molecular weight excluding hydrogens is 282 g/mol. The van der Waals surface area contributed by atoms with E-state index in [9.17, 15) is 0 Å². The summed E-state index contributed by atoms with van der Waals surface area (Å²) in [5.74, 6) is 1.09. The van der Waals surface area contributed by atoms with Crippen molar-refractivity contribution in [3.63, 3.8) is 0 Å². The highest BCUT2D eigenvalue weighted by Crippen LogP contribution is 2.31. The van der Waals surface area contributed by atoms with E-state index in [1.165, 1.54) is 16.7 Å². The lowest BCUT2D eigenvalue weighted by Crippen LogP contribution is -2.32. The number of hydrogen-bond acceptors (Lipinski definition) is 1. The normalized spacial score (nSPS) is 11.0.